The van der Waals surface area contributed by atoms with Crippen molar-refractivity contribution in [3.8, 4) is 11.5 Å². The molecule has 21 heavy (non-hydrogen) atoms. The summed E-state index contributed by atoms with van der Waals surface area (Å²) in [6.07, 6.45) is 0. The normalized spacial score (nSPS) is 10.9. The third-order valence-corrected chi connectivity index (χ3v) is 2.67. The predicted octanol–water partition coefficient (Wildman–Crippen LogP) is 1.87. The van der Waals surface area contributed by atoms with Gasteiger partial charge in [0.25, 0.3) is 5.89 Å². The molecular weight excluding hydrogens is 277 g/mol. The van der Waals surface area contributed by atoms with E-state index in [2.05, 4.69) is 10.1 Å². The minimum Gasteiger partial charge on any atom is -0.465 e. The monoisotopic (exact) mass is 293 g/mol. The minimum atomic E-state index is -0.326. The molecule has 1 heterocycles. The number of esters is 1. The van der Waals surface area contributed by atoms with Crippen LogP contribution in [0.25, 0.3) is 11.5 Å². The molecule has 2 aromatic rings. The topological polar surface area (TPSA) is 68.5 Å². The molecule has 0 radical (unpaired) electrons. The fourth-order valence-corrected chi connectivity index (χ4v) is 1.75. The van der Waals surface area contributed by atoms with Crippen LogP contribution in [0.3, 0.4) is 0 Å². The number of benzene rings is 1. The van der Waals surface area contributed by atoms with Gasteiger partial charge in [0.15, 0.2) is 5.82 Å². The molecule has 2 rings (SSSR count). The van der Waals surface area contributed by atoms with Gasteiger partial charge in [0.1, 0.15) is 5.82 Å². The highest BCUT2D eigenvalue weighted by atomic mass is 19.1. The Hall–Kier alpha value is -2.28. The largest absolute Gasteiger partial charge is 0.465 e. The van der Waals surface area contributed by atoms with E-state index in [9.17, 15) is 9.18 Å². The van der Waals surface area contributed by atoms with Crippen molar-refractivity contribution < 1.29 is 18.4 Å². The molecule has 0 unspecified atom stereocenters. The Bertz CT molecular complexity index is 598. The van der Waals surface area contributed by atoms with Crippen molar-refractivity contribution in [2.75, 3.05) is 20.2 Å². The van der Waals surface area contributed by atoms with Crippen LogP contribution in [0.4, 0.5) is 4.39 Å². The fourth-order valence-electron chi connectivity index (χ4n) is 1.75. The van der Waals surface area contributed by atoms with Crippen LogP contribution in [0.1, 0.15) is 12.7 Å². The summed E-state index contributed by atoms with van der Waals surface area (Å²) in [6.45, 7) is 2.60. The van der Waals surface area contributed by atoms with Gasteiger partial charge < -0.3 is 9.26 Å². The third kappa shape index (κ3) is 4.35. The van der Waals surface area contributed by atoms with Crippen molar-refractivity contribution in [1.29, 1.82) is 0 Å². The van der Waals surface area contributed by atoms with Crippen LogP contribution in [0.15, 0.2) is 28.8 Å². The summed E-state index contributed by atoms with van der Waals surface area (Å²) < 4.78 is 22.8. The lowest BCUT2D eigenvalue weighted by Crippen LogP contribution is -2.27. The number of carbonyl (C=O) groups excluding carboxylic acids is 1. The van der Waals surface area contributed by atoms with Gasteiger partial charge in [-0.2, -0.15) is 4.98 Å². The Morgan fingerprint density at radius 2 is 2.10 bits per heavy atom. The number of rotatable bonds is 6. The summed E-state index contributed by atoms with van der Waals surface area (Å²) in [4.78, 5) is 17.3. The highest BCUT2D eigenvalue weighted by molar-refractivity contribution is 5.71. The number of ether oxygens (including phenoxy) is 1. The molecule has 1 aromatic heterocycles. The van der Waals surface area contributed by atoms with E-state index in [-0.39, 0.29) is 18.3 Å². The number of likely N-dealkylation sites (N-methyl/N-ethyl adjacent to an activating group) is 1. The van der Waals surface area contributed by atoms with Crippen LogP contribution in [0, 0.1) is 5.82 Å². The Kier molecular flexibility index (Phi) is 4.99. The summed E-state index contributed by atoms with van der Waals surface area (Å²) in [5.41, 5.74) is 0.642. The lowest BCUT2D eigenvalue weighted by atomic mass is 10.2. The Morgan fingerprint density at radius 1 is 1.38 bits per heavy atom. The zero-order valence-corrected chi connectivity index (χ0v) is 11.9. The molecule has 0 aliphatic carbocycles. The molecule has 0 amide bonds. The molecule has 0 aliphatic heterocycles. The van der Waals surface area contributed by atoms with Crippen LogP contribution in [0.2, 0.25) is 0 Å². The second-order valence-electron chi connectivity index (χ2n) is 4.50. The molecular formula is C14H16FN3O3. The molecule has 6 nitrogen and oxygen atoms in total. The van der Waals surface area contributed by atoms with E-state index in [4.69, 9.17) is 9.26 Å². The first-order valence-electron chi connectivity index (χ1n) is 6.51. The molecule has 7 heteroatoms. The van der Waals surface area contributed by atoms with E-state index >= 15 is 0 Å². The predicted molar refractivity (Wildman–Crippen MR) is 72.7 cm³/mol. The molecule has 0 saturated heterocycles. The number of halogens is 1. The minimum absolute atomic E-state index is 0.147. The number of aromatic nitrogens is 2. The van der Waals surface area contributed by atoms with E-state index in [1.807, 2.05) is 0 Å². The van der Waals surface area contributed by atoms with Crippen molar-refractivity contribution in [2.45, 2.75) is 13.5 Å². The van der Waals surface area contributed by atoms with E-state index in [0.29, 0.717) is 30.4 Å². The Morgan fingerprint density at radius 3 is 2.76 bits per heavy atom. The van der Waals surface area contributed by atoms with Gasteiger partial charge in [-0.05, 0) is 38.2 Å². The van der Waals surface area contributed by atoms with Gasteiger partial charge in [0, 0.05) is 5.56 Å². The zero-order chi connectivity index (χ0) is 15.2. The zero-order valence-electron chi connectivity index (χ0n) is 11.9. The van der Waals surface area contributed by atoms with Crippen LogP contribution in [0.5, 0.6) is 0 Å². The molecule has 112 valence electrons. The lowest BCUT2D eigenvalue weighted by Gasteiger charge is -2.12. The van der Waals surface area contributed by atoms with Crippen molar-refractivity contribution in [2.24, 2.45) is 0 Å². The molecule has 0 fully saturated rings. The highest BCUT2D eigenvalue weighted by Crippen LogP contribution is 2.17. The standard InChI is InChI=1S/C14H16FN3O3/c1-3-20-13(19)9-18(2)8-12-16-14(21-17-12)10-4-6-11(15)7-5-10/h4-7H,3,8-9H2,1-2H3. The van der Waals surface area contributed by atoms with Gasteiger partial charge >= 0.3 is 5.97 Å². The molecule has 0 N–H and O–H groups in total. The van der Waals surface area contributed by atoms with Crippen LogP contribution >= 0.6 is 0 Å². The number of carbonyl (C=O) groups is 1. The van der Waals surface area contributed by atoms with Gasteiger partial charge in [-0.3, -0.25) is 9.69 Å². The maximum absolute atomic E-state index is 12.8. The lowest BCUT2D eigenvalue weighted by molar-refractivity contribution is -0.144. The van der Waals surface area contributed by atoms with E-state index in [0.717, 1.165) is 0 Å². The van der Waals surface area contributed by atoms with Crippen LogP contribution in [-0.4, -0.2) is 41.2 Å². The molecule has 0 spiro atoms. The van der Waals surface area contributed by atoms with Gasteiger partial charge in [-0.1, -0.05) is 5.16 Å². The molecule has 0 atom stereocenters. The second kappa shape index (κ2) is 6.94. The summed E-state index contributed by atoms with van der Waals surface area (Å²) in [5, 5.41) is 3.83. The maximum atomic E-state index is 12.8. The summed E-state index contributed by atoms with van der Waals surface area (Å²) in [7, 11) is 1.75. The van der Waals surface area contributed by atoms with Crippen LogP contribution in [-0.2, 0) is 16.1 Å². The Balaban J connectivity index is 1.96. The average Bonchev–Trinajstić information content (AvgIpc) is 2.88. The fraction of sp³-hybridized carbons (Fsp3) is 0.357. The number of nitrogens with zero attached hydrogens (tertiary/aromatic N) is 3. The van der Waals surface area contributed by atoms with Crippen molar-refractivity contribution in [3.05, 3.63) is 35.9 Å². The maximum Gasteiger partial charge on any atom is 0.320 e. The van der Waals surface area contributed by atoms with E-state index < -0.39 is 0 Å². The number of hydrogen-bond acceptors (Lipinski definition) is 6. The van der Waals surface area contributed by atoms with Crippen molar-refractivity contribution in [1.82, 2.24) is 15.0 Å². The smallest absolute Gasteiger partial charge is 0.320 e. The summed E-state index contributed by atoms with van der Waals surface area (Å²) >= 11 is 0. The van der Waals surface area contributed by atoms with E-state index in [1.54, 1.807) is 31.0 Å². The first kappa shape index (κ1) is 15.1. The van der Waals surface area contributed by atoms with Crippen molar-refractivity contribution in [3.63, 3.8) is 0 Å². The average molecular weight is 293 g/mol. The van der Waals surface area contributed by atoms with Crippen molar-refractivity contribution >= 4 is 5.97 Å². The summed E-state index contributed by atoms with van der Waals surface area (Å²) in [6, 6.07) is 5.78. The molecule has 0 saturated carbocycles. The van der Waals surface area contributed by atoms with Gasteiger partial charge in [-0.15, -0.1) is 0 Å². The van der Waals surface area contributed by atoms with E-state index in [1.165, 1.54) is 12.1 Å². The molecule has 0 aliphatic rings. The van der Waals surface area contributed by atoms with Gasteiger partial charge in [0.05, 0.1) is 19.7 Å². The number of hydrogen-bond donors (Lipinski definition) is 0. The molecule has 0 bridgehead atoms. The third-order valence-electron chi connectivity index (χ3n) is 2.67. The summed E-state index contributed by atoms with van der Waals surface area (Å²) in [5.74, 6) is 0.130. The van der Waals surface area contributed by atoms with Gasteiger partial charge in [0.2, 0.25) is 0 Å². The SMILES string of the molecule is CCOC(=O)CN(C)Cc1noc(-c2ccc(F)cc2)n1. The second-order valence-corrected chi connectivity index (χ2v) is 4.50. The van der Waals surface area contributed by atoms with Gasteiger partial charge in [-0.25, -0.2) is 4.39 Å². The highest BCUT2D eigenvalue weighted by Gasteiger charge is 2.13. The molecule has 1 aromatic carbocycles. The van der Waals surface area contributed by atoms with Crippen LogP contribution < -0.4 is 0 Å². The first-order chi connectivity index (χ1) is 10.1. The first-order valence-corrected chi connectivity index (χ1v) is 6.51. The quantitative estimate of drug-likeness (QED) is 0.757. The Labute approximate surface area is 121 Å².